The predicted molar refractivity (Wildman–Crippen MR) is 29.3 cm³/mol. The van der Waals surface area contributed by atoms with Gasteiger partial charge in [-0.05, 0) is 12.5 Å². The van der Waals surface area contributed by atoms with Crippen LogP contribution in [0.15, 0.2) is 16.9 Å². The highest BCUT2D eigenvalue weighted by Crippen LogP contribution is 1.85. The first-order valence-corrected chi connectivity index (χ1v) is 2.00. The highest BCUT2D eigenvalue weighted by atomic mass is 19.1. The molecule has 0 saturated carbocycles. The van der Waals surface area contributed by atoms with Crippen molar-refractivity contribution in [1.29, 1.82) is 0 Å². The van der Waals surface area contributed by atoms with Crippen molar-refractivity contribution in [2.75, 3.05) is 7.05 Å². The third-order valence-electron chi connectivity index (χ3n) is 0.505. The molecule has 0 atom stereocenters. The van der Waals surface area contributed by atoms with Gasteiger partial charge in [-0.2, -0.15) is 0 Å². The van der Waals surface area contributed by atoms with E-state index in [0.717, 1.165) is 0 Å². The zero-order chi connectivity index (χ0) is 5.70. The van der Waals surface area contributed by atoms with Crippen molar-refractivity contribution >= 4 is 6.21 Å². The average molecular weight is 101 g/mol. The van der Waals surface area contributed by atoms with Crippen LogP contribution < -0.4 is 0 Å². The number of aliphatic imine (C=N–C) groups is 1. The molecule has 2 heteroatoms. The Morgan fingerprint density at radius 1 is 1.71 bits per heavy atom. The maximum absolute atomic E-state index is 11.3. The highest BCUT2D eigenvalue weighted by Gasteiger charge is 1.74. The van der Waals surface area contributed by atoms with Gasteiger partial charge in [-0.3, -0.25) is 4.99 Å². The summed E-state index contributed by atoms with van der Waals surface area (Å²) in [6, 6.07) is 0. The molecule has 0 heterocycles. The molecule has 1 nitrogen and oxygen atoms in total. The standard InChI is InChI=1S/C5H8FN/c1-5(3-6)4-7-2/h3-4H,1-2H3/b5-3-,7-4-. The van der Waals surface area contributed by atoms with Crippen LogP contribution in [0.5, 0.6) is 0 Å². The van der Waals surface area contributed by atoms with E-state index in [1.165, 1.54) is 6.21 Å². The Morgan fingerprint density at radius 2 is 2.29 bits per heavy atom. The van der Waals surface area contributed by atoms with Gasteiger partial charge in [0.05, 0.1) is 6.33 Å². The van der Waals surface area contributed by atoms with Crippen LogP contribution in [0.1, 0.15) is 6.92 Å². The molecule has 0 amide bonds. The zero-order valence-electron chi connectivity index (χ0n) is 4.48. The molecule has 0 saturated heterocycles. The van der Waals surface area contributed by atoms with Crippen molar-refractivity contribution in [3.05, 3.63) is 11.9 Å². The van der Waals surface area contributed by atoms with Gasteiger partial charge >= 0.3 is 0 Å². The fourth-order valence-electron chi connectivity index (χ4n) is 0.232. The van der Waals surface area contributed by atoms with Crippen LogP contribution >= 0.6 is 0 Å². The number of nitrogens with zero attached hydrogens (tertiary/aromatic N) is 1. The normalized spacial score (nSPS) is 13.3. The highest BCUT2D eigenvalue weighted by molar-refractivity contribution is 5.76. The van der Waals surface area contributed by atoms with Gasteiger partial charge in [0, 0.05) is 13.3 Å². The van der Waals surface area contributed by atoms with Gasteiger partial charge in [0.2, 0.25) is 0 Å². The van der Waals surface area contributed by atoms with E-state index in [1.54, 1.807) is 14.0 Å². The minimum atomic E-state index is 0.521. The Kier molecular flexibility index (Phi) is 3.19. The maximum Gasteiger partial charge on any atom is 0.0911 e. The second kappa shape index (κ2) is 3.53. The topological polar surface area (TPSA) is 12.4 Å². The number of hydrogen-bond donors (Lipinski definition) is 0. The Balaban J connectivity index is 3.58. The van der Waals surface area contributed by atoms with Gasteiger partial charge in [0.1, 0.15) is 0 Å². The Bertz CT molecular complexity index is 94.3. The summed E-state index contributed by atoms with van der Waals surface area (Å²) in [6.45, 7) is 1.65. The van der Waals surface area contributed by atoms with Gasteiger partial charge in [0.25, 0.3) is 0 Å². The average Bonchev–Trinajstić information content (AvgIpc) is 1.68. The van der Waals surface area contributed by atoms with Crippen molar-refractivity contribution in [3.8, 4) is 0 Å². The van der Waals surface area contributed by atoms with Crippen molar-refractivity contribution in [2.24, 2.45) is 4.99 Å². The van der Waals surface area contributed by atoms with Crippen molar-refractivity contribution in [3.63, 3.8) is 0 Å². The number of hydrogen-bond acceptors (Lipinski definition) is 1. The molecule has 0 aliphatic heterocycles. The molecular formula is C5H8FN. The molecule has 0 unspecified atom stereocenters. The molecular weight excluding hydrogens is 93.1 g/mol. The lowest BCUT2D eigenvalue weighted by atomic mass is 10.4. The second-order valence-electron chi connectivity index (χ2n) is 1.24. The number of halogens is 1. The van der Waals surface area contributed by atoms with E-state index in [9.17, 15) is 4.39 Å². The van der Waals surface area contributed by atoms with Crippen LogP contribution in [-0.4, -0.2) is 13.3 Å². The van der Waals surface area contributed by atoms with Crippen molar-refractivity contribution in [1.82, 2.24) is 0 Å². The summed E-state index contributed by atoms with van der Waals surface area (Å²) in [7, 11) is 1.60. The van der Waals surface area contributed by atoms with Crippen LogP contribution in [0.2, 0.25) is 0 Å². The van der Waals surface area contributed by atoms with Crippen LogP contribution in [0.25, 0.3) is 0 Å². The van der Waals surface area contributed by atoms with Gasteiger partial charge in [-0.25, -0.2) is 4.39 Å². The minimum Gasteiger partial charge on any atom is -0.296 e. The Labute approximate surface area is 42.6 Å². The van der Waals surface area contributed by atoms with Crippen LogP contribution in [0, 0.1) is 0 Å². The summed E-state index contributed by atoms with van der Waals surface area (Å²) < 4.78 is 11.3. The summed E-state index contributed by atoms with van der Waals surface area (Å²) in [6.07, 6.45) is 1.98. The first-order valence-electron chi connectivity index (χ1n) is 2.00. The van der Waals surface area contributed by atoms with E-state index >= 15 is 0 Å². The van der Waals surface area contributed by atoms with Crippen LogP contribution in [0.3, 0.4) is 0 Å². The lowest BCUT2D eigenvalue weighted by Gasteiger charge is -1.78. The smallest absolute Gasteiger partial charge is 0.0911 e. The molecule has 0 radical (unpaired) electrons. The first-order chi connectivity index (χ1) is 3.31. The lowest BCUT2D eigenvalue weighted by Crippen LogP contribution is -1.71. The van der Waals surface area contributed by atoms with E-state index in [2.05, 4.69) is 4.99 Å². The maximum atomic E-state index is 11.3. The van der Waals surface area contributed by atoms with Crippen molar-refractivity contribution < 1.29 is 4.39 Å². The summed E-state index contributed by atoms with van der Waals surface area (Å²) in [5.41, 5.74) is 0.544. The fraction of sp³-hybridized carbons (Fsp3) is 0.400. The summed E-state index contributed by atoms with van der Waals surface area (Å²) in [4.78, 5) is 3.57. The van der Waals surface area contributed by atoms with E-state index in [1.807, 2.05) is 0 Å². The monoisotopic (exact) mass is 101 g/mol. The molecule has 7 heavy (non-hydrogen) atoms. The van der Waals surface area contributed by atoms with Gasteiger partial charge in [-0.15, -0.1) is 0 Å². The third kappa shape index (κ3) is 3.16. The molecule has 0 N–H and O–H groups in total. The second-order valence-corrected chi connectivity index (χ2v) is 1.24. The van der Waals surface area contributed by atoms with Gasteiger partial charge in [-0.1, -0.05) is 0 Å². The van der Waals surface area contributed by atoms with Gasteiger partial charge < -0.3 is 0 Å². The molecule has 0 bridgehead atoms. The largest absolute Gasteiger partial charge is 0.296 e. The molecule has 0 aromatic rings. The first kappa shape index (κ1) is 6.34. The fourth-order valence-corrected chi connectivity index (χ4v) is 0.232. The molecule has 0 aromatic heterocycles. The molecule has 0 rings (SSSR count). The quantitative estimate of drug-likeness (QED) is 0.444. The zero-order valence-corrected chi connectivity index (χ0v) is 4.48. The minimum absolute atomic E-state index is 0.521. The predicted octanol–water partition coefficient (Wildman–Crippen LogP) is 1.56. The third-order valence-corrected chi connectivity index (χ3v) is 0.505. The molecule has 0 spiro atoms. The summed E-state index contributed by atoms with van der Waals surface area (Å²) in [5, 5.41) is 0. The molecule has 40 valence electrons. The molecule has 0 aliphatic rings. The molecule has 0 aromatic carbocycles. The molecule has 0 aliphatic carbocycles. The summed E-state index contributed by atoms with van der Waals surface area (Å²) in [5.74, 6) is 0. The van der Waals surface area contributed by atoms with E-state index < -0.39 is 0 Å². The van der Waals surface area contributed by atoms with E-state index in [0.29, 0.717) is 11.9 Å². The Hall–Kier alpha value is -0.660. The van der Waals surface area contributed by atoms with E-state index in [4.69, 9.17) is 0 Å². The van der Waals surface area contributed by atoms with Crippen molar-refractivity contribution in [2.45, 2.75) is 6.92 Å². The number of allylic oxidation sites excluding steroid dienone is 1. The van der Waals surface area contributed by atoms with Crippen LogP contribution in [-0.2, 0) is 0 Å². The van der Waals surface area contributed by atoms with Gasteiger partial charge in [0.15, 0.2) is 0 Å². The SMILES string of the molecule is C/N=C\C(C)=C/F. The number of rotatable bonds is 1. The summed E-state index contributed by atoms with van der Waals surface area (Å²) >= 11 is 0. The van der Waals surface area contributed by atoms with E-state index in [-0.39, 0.29) is 0 Å². The van der Waals surface area contributed by atoms with Crippen LogP contribution in [0.4, 0.5) is 4.39 Å². The Morgan fingerprint density at radius 3 is 2.43 bits per heavy atom. The lowest BCUT2D eigenvalue weighted by molar-refractivity contribution is 0.715. The molecule has 0 fully saturated rings.